The summed E-state index contributed by atoms with van der Waals surface area (Å²) in [5.41, 5.74) is 2.99. The van der Waals surface area contributed by atoms with Crippen LogP contribution in [0.4, 0.5) is 5.13 Å². The Balaban J connectivity index is 1.40. The molecule has 156 valence electrons. The van der Waals surface area contributed by atoms with Crippen LogP contribution in [0.25, 0.3) is 0 Å². The van der Waals surface area contributed by atoms with Crippen molar-refractivity contribution in [3.05, 3.63) is 70.2 Å². The molecule has 3 rings (SSSR count). The largest absolute Gasteiger partial charge is 0.493 e. The van der Waals surface area contributed by atoms with E-state index in [9.17, 15) is 9.59 Å². The van der Waals surface area contributed by atoms with Gasteiger partial charge in [-0.05, 0) is 31.0 Å². The van der Waals surface area contributed by atoms with E-state index in [1.807, 2.05) is 31.2 Å². The van der Waals surface area contributed by atoms with Gasteiger partial charge >= 0.3 is 0 Å². The quantitative estimate of drug-likeness (QED) is 0.481. The first-order valence-electron chi connectivity index (χ1n) is 9.97. The summed E-state index contributed by atoms with van der Waals surface area (Å²) < 4.78 is 5.73. The van der Waals surface area contributed by atoms with Gasteiger partial charge in [0.1, 0.15) is 10.8 Å². The Morgan fingerprint density at radius 3 is 2.43 bits per heavy atom. The van der Waals surface area contributed by atoms with E-state index in [-0.39, 0.29) is 24.5 Å². The number of ketones is 1. The minimum atomic E-state index is -0.245. The number of hydrogen-bond donors (Lipinski definition) is 1. The number of benzene rings is 2. The van der Waals surface area contributed by atoms with Crippen molar-refractivity contribution < 1.29 is 14.3 Å². The van der Waals surface area contributed by atoms with Gasteiger partial charge in [-0.3, -0.25) is 9.59 Å². The zero-order chi connectivity index (χ0) is 21.3. The number of nitrogens with zero attached hydrogens (tertiary/aromatic N) is 2. The molecule has 0 spiro atoms. The molecule has 0 saturated heterocycles. The van der Waals surface area contributed by atoms with Gasteiger partial charge in [0.05, 0.1) is 6.61 Å². The third kappa shape index (κ3) is 6.49. The summed E-state index contributed by atoms with van der Waals surface area (Å²) in [6.45, 7) is 4.57. The fraction of sp³-hybridized carbons (Fsp3) is 0.304. The molecule has 0 atom stereocenters. The molecule has 0 aliphatic rings. The van der Waals surface area contributed by atoms with Crippen LogP contribution in [0.3, 0.4) is 0 Å². The molecule has 0 fully saturated rings. The lowest BCUT2D eigenvalue weighted by molar-refractivity contribution is -0.116. The van der Waals surface area contributed by atoms with E-state index in [2.05, 4.69) is 34.6 Å². The Bertz CT molecular complexity index is 982. The molecule has 1 heterocycles. The van der Waals surface area contributed by atoms with E-state index in [1.165, 1.54) is 16.9 Å². The van der Waals surface area contributed by atoms with Gasteiger partial charge in [0.2, 0.25) is 11.0 Å². The Hall–Kier alpha value is -3.06. The first-order valence-corrected chi connectivity index (χ1v) is 10.8. The molecular weight excluding hydrogens is 398 g/mol. The van der Waals surface area contributed by atoms with Crippen molar-refractivity contribution >= 4 is 28.2 Å². The third-order valence-corrected chi connectivity index (χ3v) is 5.48. The molecule has 2 aromatic carbocycles. The maximum atomic E-state index is 12.2. The Morgan fingerprint density at radius 1 is 1.00 bits per heavy atom. The second kappa shape index (κ2) is 10.6. The van der Waals surface area contributed by atoms with Gasteiger partial charge in [-0.1, -0.05) is 60.2 Å². The Kier molecular flexibility index (Phi) is 7.68. The number of aromatic nitrogens is 2. The van der Waals surface area contributed by atoms with E-state index in [4.69, 9.17) is 4.74 Å². The van der Waals surface area contributed by atoms with Crippen LogP contribution in [0.15, 0.2) is 48.5 Å². The Labute approximate surface area is 180 Å². The summed E-state index contributed by atoms with van der Waals surface area (Å²) in [5.74, 6) is 0.529. The number of amides is 1. The summed E-state index contributed by atoms with van der Waals surface area (Å²) in [7, 11) is 0. The fourth-order valence-corrected chi connectivity index (χ4v) is 3.51. The average Bonchev–Trinajstić information content (AvgIpc) is 3.20. The van der Waals surface area contributed by atoms with Gasteiger partial charge in [0.15, 0.2) is 5.78 Å². The molecule has 1 aromatic heterocycles. The van der Waals surface area contributed by atoms with Gasteiger partial charge in [-0.2, -0.15) is 0 Å². The SMILES string of the molecule is CCc1ccc(OCCc2nnc(NC(=O)CCC(=O)c3ccc(C)cc3)s2)cc1. The lowest BCUT2D eigenvalue weighted by Gasteiger charge is -2.05. The lowest BCUT2D eigenvalue weighted by atomic mass is 10.1. The zero-order valence-corrected chi connectivity index (χ0v) is 18.0. The molecule has 0 aliphatic carbocycles. The van der Waals surface area contributed by atoms with Crippen molar-refractivity contribution in [1.29, 1.82) is 0 Å². The Morgan fingerprint density at radius 2 is 1.73 bits per heavy atom. The molecule has 0 saturated carbocycles. The molecule has 0 radical (unpaired) electrons. The molecule has 0 aliphatic heterocycles. The predicted molar refractivity (Wildman–Crippen MR) is 118 cm³/mol. The highest BCUT2D eigenvalue weighted by molar-refractivity contribution is 7.15. The van der Waals surface area contributed by atoms with E-state index < -0.39 is 0 Å². The van der Waals surface area contributed by atoms with Crippen LogP contribution in [0.1, 0.15) is 46.3 Å². The number of hydrogen-bond acceptors (Lipinski definition) is 6. The van der Waals surface area contributed by atoms with E-state index in [0.717, 1.165) is 22.7 Å². The summed E-state index contributed by atoms with van der Waals surface area (Å²) in [4.78, 5) is 24.3. The van der Waals surface area contributed by atoms with Crippen molar-refractivity contribution in [2.45, 2.75) is 39.5 Å². The molecule has 0 bridgehead atoms. The van der Waals surface area contributed by atoms with Gasteiger partial charge < -0.3 is 10.1 Å². The first-order chi connectivity index (χ1) is 14.5. The fourth-order valence-electron chi connectivity index (χ4n) is 2.78. The molecule has 1 N–H and O–H groups in total. The van der Waals surface area contributed by atoms with Crippen molar-refractivity contribution in [3.8, 4) is 5.75 Å². The second-order valence-electron chi connectivity index (χ2n) is 6.93. The maximum Gasteiger partial charge on any atom is 0.226 e. The molecule has 1 amide bonds. The number of aryl methyl sites for hydroxylation is 2. The highest BCUT2D eigenvalue weighted by Gasteiger charge is 2.12. The maximum absolute atomic E-state index is 12.2. The first kappa shape index (κ1) is 21.6. The highest BCUT2D eigenvalue weighted by Crippen LogP contribution is 2.18. The number of Topliss-reactive ketones (excluding diaryl/α,β-unsaturated/α-hetero) is 1. The standard InChI is InChI=1S/C23H25N3O3S/c1-3-17-6-10-19(11-7-17)29-15-14-22-25-26-23(30-22)24-21(28)13-12-20(27)18-8-4-16(2)5-9-18/h4-11H,3,12-15H2,1-2H3,(H,24,26,28). The molecule has 0 unspecified atom stereocenters. The monoisotopic (exact) mass is 423 g/mol. The number of nitrogens with one attached hydrogen (secondary N) is 1. The van der Waals surface area contributed by atoms with Crippen LogP contribution in [0.5, 0.6) is 5.75 Å². The van der Waals surface area contributed by atoms with Gasteiger partial charge in [0, 0.05) is 24.8 Å². The van der Waals surface area contributed by atoms with Crippen molar-refractivity contribution in [2.75, 3.05) is 11.9 Å². The smallest absolute Gasteiger partial charge is 0.226 e. The van der Waals surface area contributed by atoms with Crippen molar-refractivity contribution in [3.63, 3.8) is 0 Å². The van der Waals surface area contributed by atoms with Crippen LogP contribution in [-0.4, -0.2) is 28.5 Å². The van der Waals surface area contributed by atoms with Crippen LogP contribution in [0.2, 0.25) is 0 Å². The van der Waals surface area contributed by atoms with Crippen molar-refractivity contribution in [2.24, 2.45) is 0 Å². The minimum Gasteiger partial charge on any atom is -0.493 e. The zero-order valence-electron chi connectivity index (χ0n) is 17.2. The molecule has 3 aromatic rings. The molecule has 30 heavy (non-hydrogen) atoms. The number of ether oxygens (including phenoxy) is 1. The molecule has 6 nitrogen and oxygen atoms in total. The topological polar surface area (TPSA) is 81.2 Å². The number of carbonyl (C=O) groups excluding carboxylic acids is 2. The van der Waals surface area contributed by atoms with Crippen LogP contribution in [0, 0.1) is 6.92 Å². The highest BCUT2D eigenvalue weighted by atomic mass is 32.1. The average molecular weight is 424 g/mol. The van der Waals surface area contributed by atoms with E-state index >= 15 is 0 Å². The predicted octanol–water partition coefficient (Wildman–Crippen LogP) is 4.63. The van der Waals surface area contributed by atoms with E-state index in [0.29, 0.717) is 23.7 Å². The summed E-state index contributed by atoms with van der Waals surface area (Å²) in [6, 6.07) is 15.4. The van der Waals surface area contributed by atoms with Crippen LogP contribution in [-0.2, 0) is 17.6 Å². The van der Waals surface area contributed by atoms with Crippen LogP contribution < -0.4 is 10.1 Å². The minimum absolute atomic E-state index is 0.0489. The number of anilines is 1. The van der Waals surface area contributed by atoms with E-state index in [1.54, 1.807) is 12.1 Å². The second-order valence-corrected chi connectivity index (χ2v) is 8.00. The normalized spacial score (nSPS) is 10.6. The van der Waals surface area contributed by atoms with Gasteiger partial charge in [0.25, 0.3) is 0 Å². The van der Waals surface area contributed by atoms with Gasteiger partial charge in [-0.25, -0.2) is 0 Å². The third-order valence-electron chi connectivity index (χ3n) is 4.58. The summed E-state index contributed by atoms with van der Waals surface area (Å²) >= 11 is 1.32. The number of rotatable bonds is 10. The molecule has 7 heteroatoms. The number of carbonyl (C=O) groups is 2. The molecular formula is C23H25N3O3S. The van der Waals surface area contributed by atoms with Crippen molar-refractivity contribution in [1.82, 2.24) is 10.2 Å². The summed E-state index contributed by atoms with van der Waals surface area (Å²) in [6.07, 6.45) is 1.87. The van der Waals surface area contributed by atoms with Crippen LogP contribution >= 0.6 is 11.3 Å². The van der Waals surface area contributed by atoms with Gasteiger partial charge in [-0.15, -0.1) is 10.2 Å². The summed E-state index contributed by atoms with van der Waals surface area (Å²) in [5, 5.41) is 12.0. The lowest BCUT2D eigenvalue weighted by Crippen LogP contribution is -2.13.